The summed E-state index contributed by atoms with van der Waals surface area (Å²) >= 11 is 0. The molecule has 1 fully saturated rings. The van der Waals surface area contributed by atoms with Gasteiger partial charge in [-0.2, -0.15) is 0 Å². The molecule has 2 aromatic carbocycles. The Morgan fingerprint density at radius 1 is 1.08 bits per heavy atom. The Morgan fingerprint density at radius 2 is 1.96 bits per heavy atom. The molecule has 0 aliphatic carbocycles. The third-order valence-electron chi connectivity index (χ3n) is 4.86. The topological polar surface area (TPSA) is 28.2 Å². The van der Waals surface area contributed by atoms with Gasteiger partial charge in [0.15, 0.2) is 0 Å². The maximum Gasteiger partial charge on any atom is 0.123 e. The lowest BCUT2D eigenvalue weighted by Crippen LogP contribution is -2.26. The molecule has 0 saturated carbocycles. The van der Waals surface area contributed by atoms with Crippen LogP contribution in [0.4, 0.5) is 10.1 Å². The van der Waals surface area contributed by atoms with Crippen LogP contribution in [0.3, 0.4) is 0 Å². The van der Waals surface area contributed by atoms with Crippen LogP contribution >= 0.6 is 0 Å². The van der Waals surface area contributed by atoms with Crippen LogP contribution in [0.15, 0.2) is 60.7 Å². The molecule has 1 saturated heterocycles. The molecule has 128 valence electrons. The lowest BCUT2D eigenvalue weighted by atomic mass is 10.1. The third-order valence-corrected chi connectivity index (χ3v) is 4.86. The smallest absolute Gasteiger partial charge is 0.123 e. The highest BCUT2D eigenvalue weighted by molar-refractivity contribution is 5.78. The SMILES string of the molecule is Fc1ccc2nc(CNCC3CCN(c4ccccc4)C3)ccc2c1. The molecule has 0 bridgehead atoms. The largest absolute Gasteiger partial charge is 0.371 e. The van der Waals surface area contributed by atoms with Crippen molar-refractivity contribution in [2.45, 2.75) is 13.0 Å². The van der Waals surface area contributed by atoms with Gasteiger partial charge in [0, 0.05) is 37.3 Å². The zero-order valence-corrected chi connectivity index (χ0v) is 14.2. The zero-order valence-electron chi connectivity index (χ0n) is 14.2. The first kappa shape index (κ1) is 16.0. The fraction of sp³-hybridized carbons (Fsp3) is 0.286. The number of nitrogens with one attached hydrogen (secondary N) is 1. The van der Waals surface area contributed by atoms with Gasteiger partial charge in [-0.15, -0.1) is 0 Å². The minimum atomic E-state index is -0.218. The molecule has 4 heteroatoms. The summed E-state index contributed by atoms with van der Waals surface area (Å²) in [5.74, 6) is 0.444. The highest BCUT2D eigenvalue weighted by Gasteiger charge is 2.22. The van der Waals surface area contributed by atoms with Gasteiger partial charge in [0.1, 0.15) is 5.82 Å². The Labute approximate surface area is 147 Å². The Kier molecular flexibility index (Phi) is 4.61. The maximum absolute atomic E-state index is 13.2. The molecule has 1 unspecified atom stereocenters. The van der Waals surface area contributed by atoms with Gasteiger partial charge in [0.2, 0.25) is 0 Å². The summed E-state index contributed by atoms with van der Waals surface area (Å²) in [4.78, 5) is 7.06. The number of anilines is 1. The average molecular weight is 335 g/mol. The Bertz CT molecular complexity index is 850. The van der Waals surface area contributed by atoms with E-state index in [-0.39, 0.29) is 5.82 Å². The first-order valence-corrected chi connectivity index (χ1v) is 8.84. The fourth-order valence-electron chi connectivity index (χ4n) is 3.51. The number of pyridine rings is 1. The number of nitrogens with zero attached hydrogens (tertiary/aromatic N) is 2. The van der Waals surface area contributed by atoms with Crippen LogP contribution in [0.25, 0.3) is 10.9 Å². The molecular formula is C21H22FN3. The summed E-state index contributed by atoms with van der Waals surface area (Å²) < 4.78 is 13.2. The monoisotopic (exact) mass is 335 g/mol. The van der Waals surface area contributed by atoms with Gasteiger partial charge in [-0.1, -0.05) is 24.3 Å². The standard InChI is InChI=1S/C21H22FN3/c22-18-7-9-21-17(12-18)6-8-19(24-21)14-23-13-16-10-11-25(15-16)20-4-2-1-3-5-20/h1-9,12,16,23H,10-11,13-15H2. The number of halogens is 1. The normalized spacial score (nSPS) is 17.3. The van der Waals surface area contributed by atoms with Crippen LogP contribution in [0.1, 0.15) is 12.1 Å². The summed E-state index contributed by atoms with van der Waals surface area (Å²) in [7, 11) is 0. The van der Waals surface area contributed by atoms with Crippen molar-refractivity contribution in [3.05, 3.63) is 72.2 Å². The van der Waals surface area contributed by atoms with Gasteiger partial charge in [-0.3, -0.25) is 4.98 Å². The summed E-state index contributed by atoms with van der Waals surface area (Å²) in [6, 6.07) is 19.2. The minimum absolute atomic E-state index is 0.218. The van der Waals surface area contributed by atoms with E-state index in [1.54, 1.807) is 6.07 Å². The Hall–Kier alpha value is -2.46. The van der Waals surface area contributed by atoms with Gasteiger partial charge >= 0.3 is 0 Å². The van der Waals surface area contributed by atoms with E-state index in [0.29, 0.717) is 5.92 Å². The fourth-order valence-corrected chi connectivity index (χ4v) is 3.51. The van der Waals surface area contributed by atoms with Gasteiger partial charge in [-0.05, 0) is 48.7 Å². The first-order chi connectivity index (χ1) is 12.3. The molecule has 0 amide bonds. The summed E-state index contributed by atoms with van der Waals surface area (Å²) in [5.41, 5.74) is 3.15. The van der Waals surface area contributed by atoms with E-state index < -0.39 is 0 Å². The molecule has 3 aromatic rings. The van der Waals surface area contributed by atoms with E-state index in [1.165, 1.54) is 24.2 Å². The van der Waals surface area contributed by atoms with Crippen molar-refractivity contribution in [2.24, 2.45) is 5.92 Å². The van der Waals surface area contributed by atoms with Crippen molar-refractivity contribution in [1.82, 2.24) is 10.3 Å². The Morgan fingerprint density at radius 3 is 2.84 bits per heavy atom. The predicted octanol–water partition coefficient (Wildman–Crippen LogP) is 3.99. The summed E-state index contributed by atoms with van der Waals surface area (Å²) in [5, 5.41) is 4.37. The van der Waals surface area contributed by atoms with Crippen LogP contribution in [0.2, 0.25) is 0 Å². The predicted molar refractivity (Wildman–Crippen MR) is 100 cm³/mol. The molecule has 1 aliphatic heterocycles. The van der Waals surface area contributed by atoms with E-state index in [4.69, 9.17) is 0 Å². The lowest BCUT2D eigenvalue weighted by molar-refractivity contribution is 0.514. The second-order valence-electron chi connectivity index (χ2n) is 6.71. The van der Waals surface area contributed by atoms with Crippen molar-refractivity contribution in [1.29, 1.82) is 0 Å². The van der Waals surface area contributed by atoms with Crippen LogP contribution in [-0.2, 0) is 6.54 Å². The number of benzene rings is 2. The van der Waals surface area contributed by atoms with E-state index >= 15 is 0 Å². The second kappa shape index (κ2) is 7.19. The maximum atomic E-state index is 13.2. The highest BCUT2D eigenvalue weighted by Crippen LogP contribution is 2.23. The number of para-hydroxylation sites is 1. The Balaban J connectivity index is 1.30. The van der Waals surface area contributed by atoms with Crippen molar-refractivity contribution < 1.29 is 4.39 Å². The molecular weight excluding hydrogens is 313 g/mol. The van der Waals surface area contributed by atoms with E-state index in [2.05, 4.69) is 45.5 Å². The molecule has 1 N–H and O–H groups in total. The van der Waals surface area contributed by atoms with Crippen molar-refractivity contribution in [2.75, 3.05) is 24.5 Å². The summed E-state index contributed by atoms with van der Waals surface area (Å²) in [6.07, 6.45) is 1.21. The zero-order chi connectivity index (χ0) is 17.1. The quantitative estimate of drug-likeness (QED) is 0.764. The number of aromatic nitrogens is 1. The third kappa shape index (κ3) is 3.80. The van der Waals surface area contributed by atoms with Crippen molar-refractivity contribution in [3.8, 4) is 0 Å². The molecule has 0 radical (unpaired) electrons. The lowest BCUT2D eigenvalue weighted by Gasteiger charge is -2.18. The van der Waals surface area contributed by atoms with Crippen LogP contribution in [0.5, 0.6) is 0 Å². The number of hydrogen-bond acceptors (Lipinski definition) is 3. The molecule has 25 heavy (non-hydrogen) atoms. The van der Waals surface area contributed by atoms with Crippen LogP contribution < -0.4 is 10.2 Å². The van der Waals surface area contributed by atoms with E-state index in [1.807, 2.05) is 12.1 Å². The van der Waals surface area contributed by atoms with E-state index in [9.17, 15) is 4.39 Å². The highest BCUT2D eigenvalue weighted by atomic mass is 19.1. The molecule has 1 aromatic heterocycles. The van der Waals surface area contributed by atoms with Gasteiger partial charge in [0.05, 0.1) is 11.2 Å². The molecule has 3 nitrogen and oxygen atoms in total. The van der Waals surface area contributed by atoms with Gasteiger partial charge in [0.25, 0.3) is 0 Å². The summed E-state index contributed by atoms with van der Waals surface area (Å²) in [6.45, 7) is 3.96. The minimum Gasteiger partial charge on any atom is -0.371 e. The van der Waals surface area contributed by atoms with Crippen LogP contribution in [-0.4, -0.2) is 24.6 Å². The molecule has 1 aliphatic rings. The number of hydrogen-bond donors (Lipinski definition) is 1. The second-order valence-corrected chi connectivity index (χ2v) is 6.71. The number of rotatable bonds is 5. The van der Waals surface area contributed by atoms with Crippen molar-refractivity contribution >= 4 is 16.6 Å². The number of fused-ring (bicyclic) bond motifs is 1. The van der Waals surface area contributed by atoms with Gasteiger partial charge in [-0.25, -0.2) is 4.39 Å². The van der Waals surface area contributed by atoms with Crippen LogP contribution in [0, 0.1) is 11.7 Å². The van der Waals surface area contributed by atoms with E-state index in [0.717, 1.165) is 42.8 Å². The molecule has 1 atom stereocenters. The molecule has 0 spiro atoms. The average Bonchev–Trinajstić information content (AvgIpc) is 3.11. The van der Waals surface area contributed by atoms with Gasteiger partial charge < -0.3 is 10.2 Å². The first-order valence-electron chi connectivity index (χ1n) is 8.84. The molecule has 4 rings (SSSR count). The molecule has 2 heterocycles. The van der Waals surface area contributed by atoms with Crippen molar-refractivity contribution in [3.63, 3.8) is 0 Å².